The molecule has 0 saturated heterocycles. The van der Waals surface area contributed by atoms with Gasteiger partial charge in [-0.1, -0.05) is 45.4 Å². The topological polar surface area (TPSA) is 101 Å². The van der Waals surface area contributed by atoms with Crippen molar-refractivity contribution in [3.63, 3.8) is 0 Å². The Kier molecular flexibility index (Phi) is 9.28. The highest BCUT2D eigenvalue weighted by Crippen LogP contribution is 2.17. The number of nitrogens with two attached hydrogens (primary N) is 1. The fraction of sp³-hybridized carbons (Fsp3) is 0.846. The molecule has 0 bridgehead atoms. The summed E-state index contributed by atoms with van der Waals surface area (Å²) in [5, 5.41) is 17.7. The molecule has 0 aromatic carbocycles. The van der Waals surface area contributed by atoms with E-state index in [1.807, 2.05) is 0 Å². The van der Waals surface area contributed by atoms with Crippen molar-refractivity contribution in [2.24, 2.45) is 11.7 Å². The second kappa shape index (κ2) is 9.88. The highest BCUT2D eigenvalue weighted by Gasteiger charge is 2.23. The van der Waals surface area contributed by atoms with Gasteiger partial charge < -0.3 is 15.9 Å². The van der Waals surface area contributed by atoms with Crippen LogP contribution in [0.1, 0.15) is 58.3 Å². The van der Waals surface area contributed by atoms with Crippen LogP contribution in [0.15, 0.2) is 0 Å². The summed E-state index contributed by atoms with van der Waals surface area (Å²) in [5.41, 5.74) is 5.36. The van der Waals surface area contributed by atoms with Crippen molar-refractivity contribution in [3.05, 3.63) is 0 Å². The highest BCUT2D eigenvalue weighted by molar-refractivity contribution is 5.75. The molecule has 5 heteroatoms. The summed E-state index contributed by atoms with van der Waals surface area (Å²) in [6.45, 7) is 2.15. The average Bonchev–Trinajstić information content (AvgIpc) is 2.31. The van der Waals surface area contributed by atoms with Gasteiger partial charge in [0, 0.05) is 0 Å². The van der Waals surface area contributed by atoms with E-state index >= 15 is 0 Å². The van der Waals surface area contributed by atoms with Crippen LogP contribution in [-0.4, -0.2) is 28.2 Å². The maximum Gasteiger partial charge on any atom is 0.320 e. The molecule has 0 fully saturated rings. The second-order valence-electron chi connectivity index (χ2n) is 4.77. The van der Waals surface area contributed by atoms with Gasteiger partial charge in [0.15, 0.2) is 0 Å². The van der Waals surface area contributed by atoms with E-state index in [-0.39, 0.29) is 6.42 Å². The van der Waals surface area contributed by atoms with Crippen LogP contribution in [0, 0.1) is 5.92 Å². The molecular formula is C13H25NO4. The van der Waals surface area contributed by atoms with E-state index in [1.54, 1.807) is 0 Å². The summed E-state index contributed by atoms with van der Waals surface area (Å²) in [6.07, 6.45) is 7.06. The monoisotopic (exact) mass is 259 g/mol. The van der Waals surface area contributed by atoms with Gasteiger partial charge in [0.05, 0.1) is 5.92 Å². The van der Waals surface area contributed by atoms with Crippen molar-refractivity contribution in [2.45, 2.75) is 64.3 Å². The minimum atomic E-state index is -1.14. The Morgan fingerprint density at radius 3 is 2.06 bits per heavy atom. The van der Waals surface area contributed by atoms with Crippen molar-refractivity contribution < 1.29 is 19.8 Å². The van der Waals surface area contributed by atoms with E-state index in [2.05, 4.69) is 6.92 Å². The van der Waals surface area contributed by atoms with Crippen LogP contribution in [0.5, 0.6) is 0 Å². The molecule has 0 aromatic heterocycles. The Balaban J connectivity index is 3.84. The van der Waals surface area contributed by atoms with Gasteiger partial charge in [0.1, 0.15) is 6.04 Å². The fourth-order valence-electron chi connectivity index (χ4n) is 1.92. The molecule has 5 nitrogen and oxygen atoms in total. The number of unbranched alkanes of at least 4 members (excludes halogenated alkanes) is 5. The predicted molar refractivity (Wildman–Crippen MR) is 69.3 cm³/mol. The standard InChI is InChI=1S/C13H25NO4/c1-2-3-4-5-6-7-8-10(12(15)16)9-11(14)13(17)18/h10-11H,2-9,14H2,1H3,(H,15,16)(H,17,18)/t10?,11-/m0/s1. The molecule has 0 aromatic rings. The van der Waals surface area contributed by atoms with Crippen molar-refractivity contribution in [3.8, 4) is 0 Å². The third kappa shape index (κ3) is 8.06. The minimum Gasteiger partial charge on any atom is -0.481 e. The normalized spacial score (nSPS) is 14.1. The third-order valence-corrected chi connectivity index (χ3v) is 3.11. The van der Waals surface area contributed by atoms with E-state index in [9.17, 15) is 9.59 Å². The van der Waals surface area contributed by atoms with E-state index in [0.717, 1.165) is 19.3 Å². The summed E-state index contributed by atoms with van der Waals surface area (Å²) in [5.74, 6) is -2.72. The van der Waals surface area contributed by atoms with Gasteiger partial charge in [-0.15, -0.1) is 0 Å². The lowest BCUT2D eigenvalue weighted by Gasteiger charge is -2.14. The van der Waals surface area contributed by atoms with Gasteiger partial charge in [-0.2, -0.15) is 0 Å². The molecule has 18 heavy (non-hydrogen) atoms. The minimum absolute atomic E-state index is 0.0135. The zero-order chi connectivity index (χ0) is 14.0. The molecule has 4 N–H and O–H groups in total. The van der Waals surface area contributed by atoms with Gasteiger partial charge in [-0.25, -0.2) is 0 Å². The summed E-state index contributed by atoms with van der Waals surface area (Å²) < 4.78 is 0. The van der Waals surface area contributed by atoms with Crippen molar-refractivity contribution >= 4 is 11.9 Å². The maximum absolute atomic E-state index is 11.0. The summed E-state index contributed by atoms with van der Waals surface area (Å²) >= 11 is 0. The highest BCUT2D eigenvalue weighted by atomic mass is 16.4. The molecular weight excluding hydrogens is 234 g/mol. The van der Waals surface area contributed by atoms with E-state index in [0.29, 0.717) is 6.42 Å². The van der Waals surface area contributed by atoms with Gasteiger partial charge in [0.2, 0.25) is 0 Å². The molecule has 0 aliphatic rings. The average molecular weight is 259 g/mol. The Labute approximate surface area is 108 Å². The van der Waals surface area contributed by atoms with Gasteiger partial charge >= 0.3 is 11.9 Å². The van der Waals surface area contributed by atoms with Crippen LogP contribution in [-0.2, 0) is 9.59 Å². The molecule has 0 radical (unpaired) electrons. The smallest absolute Gasteiger partial charge is 0.320 e. The summed E-state index contributed by atoms with van der Waals surface area (Å²) in [7, 11) is 0. The first-order valence-electron chi connectivity index (χ1n) is 6.70. The molecule has 0 aliphatic carbocycles. The van der Waals surface area contributed by atoms with E-state index < -0.39 is 23.9 Å². The van der Waals surface area contributed by atoms with Crippen LogP contribution < -0.4 is 5.73 Å². The van der Waals surface area contributed by atoms with Crippen LogP contribution in [0.25, 0.3) is 0 Å². The number of carboxylic acids is 2. The van der Waals surface area contributed by atoms with Crippen molar-refractivity contribution in [1.29, 1.82) is 0 Å². The molecule has 0 saturated carbocycles. The predicted octanol–water partition coefficient (Wildman–Crippen LogP) is 2.24. The number of carboxylic acid groups (broad SMARTS) is 2. The molecule has 0 amide bonds. The van der Waals surface area contributed by atoms with Crippen LogP contribution in [0.4, 0.5) is 0 Å². The summed E-state index contributed by atoms with van der Waals surface area (Å²) in [6, 6.07) is -1.08. The number of aliphatic carboxylic acids is 2. The van der Waals surface area contributed by atoms with Crippen LogP contribution in [0.3, 0.4) is 0 Å². The lowest BCUT2D eigenvalue weighted by Crippen LogP contribution is -2.34. The Morgan fingerprint density at radius 2 is 1.56 bits per heavy atom. The second-order valence-corrected chi connectivity index (χ2v) is 4.77. The SMILES string of the molecule is CCCCCCCCC(C[C@H](N)C(=O)O)C(=O)O. The first-order chi connectivity index (χ1) is 8.49. The van der Waals surface area contributed by atoms with Crippen molar-refractivity contribution in [2.75, 3.05) is 0 Å². The molecule has 0 aliphatic heterocycles. The Hall–Kier alpha value is -1.10. The van der Waals surface area contributed by atoms with E-state index in [1.165, 1.54) is 19.3 Å². The van der Waals surface area contributed by atoms with Gasteiger partial charge in [-0.3, -0.25) is 9.59 Å². The third-order valence-electron chi connectivity index (χ3n) is 3.11. The summed E-state index contributed by atoms with van der Waals surface area (Å²) in [4.78, 5) is 21.6. The lowest BCUT2D eigenvalue weighted by molar-refractivity contribution is -0.143. The molecule has 106 valence electrons. The Morgan fingerprint density at radius 1 is 1.00 bits per heavy atom. The molecule has 0 heterocycles. The first-order valence-corrected chi connectivity index (χ1v) is 6.70. The fourth-order valence-corrected chi connectivity index (χ4v) is 1.92. The van der Waals surface area contributed by atoms with Gasteiger partial charge in [0.25, 0.3) is 0 Å². The molecule has 1 unspecified atom stereocenters. The largest absolute Gasteiger partial charge is 0.481 e. The Bertz CT molecular complexity index is 255. The van der Waals surface area contributed by atoms with Crippen molar-refractivity contribution in [1.82, 2.24) is 0 Å². The van der Waals surface area contributed by atoms with Crippen LogP contribution in [0.2, 0.25) is 0 Å². The van der Waals surface area contributed by atoms with Gasteiger partial charge in [-0.05, 0) is 12.8 Å². The first kappa shape index (κ1) is 16.9. The quantitative estimate of drug-likeness (QED) is 0.494. The molecule has 2 atom stereocenters. The zero-order valence-electron chi connectivity index (χ0n) is 11.1. The maximum atomic E-state index is 11.0. The lowest BCUT2D eigenvalue weighted by atomic mass is 9.94. The van der Waals surface area contributed by atoms with E-state index in [4.69, 9.17) is 15.9 Å². The number of carbonyl (C=O) groups is 2. The number of hydrogen-bond donors (Lipinski definition) is 3. The molecule has 0 rings (SSSR count). The zero-order valence-corrected chi connectivity index (χ0v) is 11.1. The molecule has 0 spiro atoms. The number of hydrogen-bond acceptors (Lipinski definition) is 3. The van der Waals surface area contributed by atoms with Crippen LogP contribution >= 0.6 is 0 Å². The number of rotatable bonds is 11.